The molecular formula is C14H23IN2O5. The van der Waals surface area contributed by atoms with Crippen molar-refractivity contribution in [2.24, 2.45) is 23.7 Å². The lowest BCUT2D eigenvalue weighted by Crippen LogP contribution is -2.32. The average Bonchev–Trinajstić information content (AvgIpc) is 3.17. The minimum atomic E-state index is -1.32. The number of hydrogen-bond acceptors (Lipinski definition) is 6. The second-order valence-corrected chi connectivity index (χ2v) is 7.07. The van der Waals surface area contributed by atoms with E-state index in [1.807, 2.05) is 0 Å². The summed E-state index contributed by atoms with van der Waals surface area (Å²) in [6.07, 6.45) is 3.31. The molecule has 0 amide bonds. The fourth-order valence-corrected chi connectivity index (χ4v) is 4.64. The van der Waals surface area contributed by atoms with Crippen LogP contribution in [0.15, 0.2) is 0 Å². The van der Waals surface area contributed by atoms with Gasteiger partial charge in [0.05, 0.1) is 10.8 Å². The third-order valence-electron chi connectivity index (χ3n) is 4.87. The molecule has 0 aromatic heterocycles. The van der Waals surface area contributed by atoms with Crippen molar-refractivity contribution in [3.8, 4) is 0 Å². The fourth-order valence-electron chi connectivity index (χ4n) is 4.13. The maximum Gasteiger partial charge on any atom is 0.342 e. The van der Waals surface area contributed by atoms with E-state index in [2.05, 4.69) is 13.8 Å². The first-order chi connectivity index (χ1) is 10.5. The van der Waals surface area contributed by atoms with Gasteiger partial charge in [0.2, 0.25) is 21.4 Å². The standard InChI is InChI=1S/C14H23IN2O5/c1-3-5-8-7-9(6-4-2)11(14(18)22-15-16)10(8)12-13(21-12)17(19)20/h8-13,16H,3-7H2,1-2H3. The molecule has 1 saturated heterocycles. The molecule has 2 aliphatic rings. The first-order valence-corrected chi connectivity index (χ1v) is 9.81. The highest BCUT2D eigenvalue weighted by Gasteiger charge is 2.63. The number of hydrogen-bond donors (Lipinski definition) is 1. The normalized spacial score (nSPS) is 37.0. The lowest BCUT2D eigenvalue weighted by Gasteiger charge is -2.22. The van der Waals surface area contributed by atoms with Gasteiger partial charge in [0.15, 0.2) is 6.10 Å². The second-order valence-electron chi connectivity index (χ2n) is 6.19. The Morgan fingerprint density at radius 1 is 1.36 bits per heavy atom. The highest BCUT2D eigenvalue weighted by Crippen LogP contribution is 2.52. The molecule has 0 radical (unpaired) electrons. The van der Waals surface area contributed by atoms with Crippen LogP contribution in [0.25, 0.3) is 0 Å². The average molecular weight is 426 g/mol. The Balaban J connectivity index is 2.22. The zero-order valence-corrected chi connectivity index (χ0v) is 15.0. The van der Waals surface area contributed by atoms with Crippen LogP contribution in [0.2, 0.25) is 0 Å². The number of nitrogens with zero attached hydrogens (tertiary/aromatic N) is 1. The van der Waals surface area contributed by atoms with Gasteiger partial charge in [-0.05, 0) is 24.7 Å². The third-order valence-corrected chi connectivity index (χ3v) is 5.52. The quantitative estimate of drug-likeness (QED) is 0.276. The Morgan fingerprint density at radius 3 is 2.50 bits per heavy atom. The summed E-state index contributed by atoms with van der Waals surface area (Å²) in [5.41, 5.74) is 0. The number of epoxide rings is 1. The molecule has 2 fully saturated rings. The molecule has 1 aliphatic heterocycles. The summed E-state index contributed by atoms with van der Waals surface area (Å²) in [5.74, 6) is -0.321. The Morgan fingerprint density at radius 2 is 2.00 bits per heavy atom. The zero-order valence-electron chi connectivity index (χ0n) is 12.9. The summed E-state index contributed by atoms with van der Waals surface area (Å²) in [6, 6.07) is 0. The van der Waals surface area contributed by atoms with Crippen molar-refractivity contribution >= 4 is 27.4 Å². The minimum absolute atomic E-state index is 0.130. The van der Waals surface area contributed by atoms with E-state index in [0.717, 1.165) is 32.1 Å². The lowest BCUT2D eigenvalue weighted by atomic mass is 9.82. The third kappa shape index (κ3) is 3.64. The van der Waals surface area contributed by atoms with Gasteiger partial charge in [-0.15, -0.1) is 0 Å². The summed E-state index contributed by atoms with van der Waals surface area (Å²) < 4.78 is 17.5. The molecule has 7 nitrogen and oxygen atoms in total. The molecule has 2 rings (SSSR count). The summed E-state index contributed by atoms with van der Waals surface area (Å²) in [7, 11) is 0. The maximum atomic E-state index is 12.4. The van der Waals surface area contributed by atoms with E-state index in [1.54, 1.807) is 0 Å². The summed E-state index contributed by atoms with van der Waals surface area (Å²) in [5, 5.41) is 10.9. The predicted octanol–water partition coefficient (Wildman–Crippen LogP) is 3.65. The topological polar surface area (TPSA) is 106 Å². The SMILES string of the molecule is CCCC1CC(CCC)C(C2OC2[N+](=O)[O-])C1C(=O)OI=N. The van der Waals surface area contributed by atoms with Crippen molar-refractivity contribution < 1.29 is 17.5 Å². The van der Waals surface area contributed by atoms with Crippen LogP contribution in [-0.2, 0) is 12.6 Å². The Kier molecular flexibility index (Phi) is 6.25. The van der Waals surface area contributed by atoms with Gasteiger partial charge in [-0.2, -0.15) is 0 Å². The van der Waals surface area contributed by atoms with Crippen molar-refractivity contribution in [3.63, 3.8) is 0 Å². The van der Waals surface area contributed by atoms with Gasteiger partial charge in [-0.3, -0.25) is 14.9 Å². The number of halogens is 1. The van der Waals surface area contributed by atoms with E-state index in [1.165, 1.54) is 0 Å². The number of rotatable bonds is 8. The summed E-state index contributed by atoms with van der Waals surface area (Å²) in [6.45, 7) is 4.17. The molecule has 0 aromatic carbocycles. The van der Waals surface area contributed by atoms with Crippen LogP contribution in [-0.4, -0.2) is 23.2 Å². The molecule has 0 bridgehead atoms. The molecule has 6 atom stereocenters. The molecule has 1 heterocycles. The molecular weight excluding hydrogens is 403 g/mol. The molecule has 0 spiro atoms. The van der Waals surface area contributed by atoms with Crippen LogP contribution < -0.4 is 0 Å². The predicted molar refractivity (Wildman–Crippen MR) is 86.9 cm³/mol. The highest BCUT2D eigenvalue weighted by molar-refractivity contribution is 14.1. The fraction of sp³-hybridized carbons (Fsp3) is 0.929. The lowest BCUT2D eigenvalue weighted by molar-refractivity contribution is -0.516. The van der Waals surface area contributed by atoms with E-state index in [0.29, 0.717) is 0 Å². The van der Waals surface area contributed by atoms with Crippen molar-refractivity contribution in [2.75, 3.05) is 0 Å². The molecule has 1 saturated carbocycles. The smallest absolute Gasteiger partial charge is 0.342 e. The van der Waals surface area contributed by atoms with Gasteiger partial charge in [0.1, 0.15) is 0 Å². The van der Waals surface area contributed by atoms with Crippen LogP contribution in [0.1, 0.15) is 46.0 Å². The molecule has 0 aromatic rings. The van der Waals surface area contributed by atoms with Crippen molar-refractivity contribution in [2.45, 2.75) is 58.3 Å². The summed E-state index contributed by atoms with van der Waals surface area (Å²) >= 11 is -1.32. The van der Waals surface area contributed by atoms with E-state index in [4.69, 9.17) is 11.4 Å². The first kappa shape index (κ1) is 17.7. The number of carbonyl (C=O) groups excluding carboxylic acids is 1. The van der Waals surface area contributed by atoms with Gasteiger partial charge in [-0.25, -0.2) is 3.56 Å². The molecule has 22 heavy (non-hydrogen) atoms. The van der Waals surface area contributed by atoms with Crippen LogP contribution in [0.5, 0.6) is 0 Å². The van der Waals surface area contributed by atoms with Crippen LogP contribution in [0, 0.1) is 37.3 Å². The van der Waals surface area contributed by atoms with E-state index < -0.39 is 38.7 Å². The Bertz CT molecular complexity index is 447. The molecule has 1 N–H and O–H groups in total. The van der Waals surface area contributed by atoms with Gasteiger partial charge in [0, 0.05) is 5.92 Å². The number of ether oxygens (including phenoxy) is 1. The molecule has 8 heteroatoms. The zero-order chi connectivity index (χ0) is 16.3. The molecule has 126 valence electrons. The van der Waals surface area contributed by atoms with E-state index in [-0.39, 0.29) is 29.6 Å². The van der Waals surface area contributed by atoms with E-state index >= 15 is 0 Å². The summed E-state index contributed by atoms with van der Waals surface area (Å²) in [4.78, 5) is 22.9. The Labute approximate surface area is 140 Å². The monoisotopic (exact) mass is 426 g/mol. The largest absolute Gasteiger partial charge is 0.385 e. The van der Waals surface area contributed by atoms with Gasteiger partial charge < -0.3 is 7.80 Å². The molecule has 1 aliphatic carbocycles. The van der Waals surface area contributed by atoms with Crippen molar-refractivity contribution in [1.82, 2.24) is 0 Å². The second kappa shape index (κ2) is 7.76. The van der Waals surface area contributed by atoms with Crippen molar-refractivity contribution in [3.05, 3.63) is 10.1 Å². The van der Waals surface area contributed by atoms with Gasteiger partial charge in [0.25, 0.3) is 0 Å². The maximum absolute atomic E-state index is 12.4. The highest BCUT2D eigenvalue weighted by atomic mass is 127. The molecule has 6 unspecified atom stereocenters. The van der Waals surface area contributed by atoms with Crippen LogP contribution >= 0.6 is 21.4 Å². The Hall–Kier alpha value is -0.640. The minimum Gasteiger partial charge on any atom is -0.385 e. The van der Waals surface area contributed by atoms with Crippen molar-refractivity contribution in [1.29, 1.82) is 3.56 Å². The van der Waals surface area contributed by atoms with Crippen LogP contribution in [0.4, 0.5) is 0 Å². The first-order valence-electron chi connectivity index (χ1n) is 7.85. The number of nitro groups is 1. The van der Waals surface area contributed by atoms with E-state index in [9.17, 15) is 14.9 Å². The van der Waals surface area contributed by atoms with Gasteiger partial charge >= 0.3 is 12.2 Å². The number of carbonyl (C=O) groups is 1. The van der Waals surface area contributed by atoms with Crippen LogP contribution in [0.3, 0.4) is 0 Å². The number of nitrogens with one attached hydrogen (secondary N) is 1. The van der Waals surface area contributed by atoms with Gasteiger partial charge in [-0.1, -0.05) is 33.1 Å².